The van der Waals surface area contributed by atoms with Crippen molar-refractivity contribution in [2.45, 2.75) is 123 Å². The molecular weight excluding hydrogens is 415 g/mol. The van der Waals surface area contributed by atoms with Crippen molar-refractivity contribution in [2.75, 3.05) is 5.75 Å². The van der Waals surface area contributed by atoms with E-state index in [1.165, 1.54) is 0 Å². The Kier molecular flexibility index (Phi) is 9.03. The minimum atomic E-state index is -2.14. The molecule has 1 N–H and O–H groups in total. The van der Waals surface area contributed by atoms with Crippen LogP contribution in [0.15, 0.2) is 0 Å². The molecule has 0 saturated carbocycles. The highest BCUT2D eigenvalue weighted by Crippen LogP contribution is 2.44. The van der Waals surface area contributed by atoms with E-state index in [-0.39, 0.29) is 22.1 Å². The molecule has 1 unspecified atom stereocenters. The van der Waals surface area contributed by atoms with Crippen LogP contribution in [-0.4, -0.2) is 41.5 Å². The third-order valence-electron chi connectivity index (χ3n) is 7.27. The predicted molar refractivity (Wildman–Crippen MR) is 137 cm³/mol. The Balaban J connectivity index is 5.66. The Hall–Kier alpha value is 0.431. The number of carbonyl (C=O) groups is 1. The van der Waals surface area contributed by atoms with Gasteiger partial charge in [0, 0.05) is 5.75 Å². The van der Waals surface area contributed by atoms with Gasteiger partial charge in [-0.3, -0.25) is 4.79 Å². The van der Waals surface area contributed by atoms with Crippen LogP contribution in [0.4, 0.5) is 0 Å². The second-order valence-corrected chi connectivity index (χ2v) is 31.7. The molecule has 0 aliphatic heterocycles. The molecule has 0 radical (unpaired) electrons. The molecule has 0 aliphatic rings. The minimum Gasteiger partial charge on any atom is -0.518 e. The van der Waals surface area contributed by atoms with E-state index in [0.717, 1.165) is 5.75 Å². The van der Waals surface area contributed by atoms with Crippen LogP contribution in [0.1, 0.15) is 62.3 Å². The smallest absolute Gasteiger partial charge is 0.310 e. The Morgan fingerprint density at radius 3 is 1.57 bits per heavy atom. The summed E-state index contributed by atoms with van der Waals surface area (Å²) in [5, 5.41) is 0.490. The monoisotopic (exact) mass is 463 g/mol. The van der Waals surface area contributed by atoms with Gasteiger partial charge in [0.15, 0.2) is 0 Å². The molecule has 3 nitrogen and oxygen atoms in total. The molecule has 0 saturated heterocycles. The first-order chi connectivity index (χ1) is 11.9. The summed E-state index contributed by atoms with van der Waals surface area (Å²) in [5.41, 5.74) is 0. The van der Waals surface area contributed by atoms with E-state index in [1.807, 2.05) is 11.2 Å². The number of hydrogen-bond acceptors (Lipinski definition) is 4. The predicted octanol–water partition coefficient (Wildman–Crippen LogP) is 7.24. The van der Waals surface area contributed by atoms with Gasteiger partial charge in [-0.1, -0.05) is 88.5 Å². The number of nitrogens with one attached hydrogen (secondary N) is 1. The molecule has 168 valence electrons. The molecule has 7 heteroatoms. The first kappa shape index (κ1) is 28.4. The summed E-state index contributed by atoms with van der Waals surface area (Å²) in [6.07, 6.45) is 0. The standard InChI is InChI=1S/C21H49NO2SSi3/c1-19(2,3)26(10,11)22-17(16-25-28(14,15)21(7,8)9)18(23)24-27(12,13)20(4,5)6/h17,22H,16H2,1-15H3. The summed E-state index contributed by atoms with van der Waals surface area (Å²) in [6, 6.07) is -0.228. The maximum atomic E-state index is 13.4. The highest BCUT2D eigenvalue weighted by atomic mass is 32.4. The zero-order valence-electron chi connectivity index (χ0n) is 21.5. The van der Waals surface area contributed by atoms with Gasteiger partial charge < -0.3 is 9.41 Å². The number of hydrogen-bond donors (Lipinski definition) is 1. The SMILES string of the molecule is CC(C)(C)[Si](C)(C)NC(CS[Si](C)(C)C(C)(C)C)C(=O)O[Si](C)(C)C(C)(C)C. The van der Waals surface area contributed by atoms with Crippen molar-refractivity contribution < 1.29 is 9.22 Å². The third-order valence-corrected chi connectivity index (χ3v) is 25.8. The lowest BCUT2D eigenvalue weighted by Crippen LogP contribution is -2.61. The van der Waals surface area contributed by atoms with Crippen LogP contribution in [0.2, 0.25) is 54.4 Å². The van der Waals surface area contributed by atoms with Crippen LogP contribution in [0.5, 0.6) is 0 Å². The Morgan fingerprint density at radius 1 is 0.821 bits per heavy atom. The van der Waals surface area contributed by atoms with E-state index in [2.05, 4.69) is 107 Å². The average molecular weight is 464 g/mol. The summed E-state index contributed by atoms with van der Waals surface area (Å²) in [7, 11) is -5.50. The Labute approximate surface area is 183 Å². The lowest BCUT2D eigenvalue weighted by molar-refractivity contribution is -0.136. The highest BCUT2D eigenvalue weighted by Gasteiger charge is 2.45. The van der Waals surface area contributed by atoms with Gasteiger partial charge in [-0.2, -0.15) is 11.2 Å². The molecule has 0 aliphatic carbocycles. The normalized spacial score (nSPS) is 16.1. The second kappa shape index (κ2) is 8.89. The van der Waals surface area contributed by atoms with E-state index in [0.29, 0.717) is 5.04 Å². The zero-order valence-corrected chi connectivity index (χ0v) is 25.3. The molecule has 0 aromatic heterocycles. The van der Waals surface area contributed by atoms with E-state index < -0.39 is 23.8 Å². The highest BCUT2D eigenvalue weighted by molar-refractivity contribution is 8.29. The van der Waals surface area contributed by atoms with Gasteiger partial charge in [-0.15, -0.1) is 0 Å². The van der Waals surface area contributed by atoms with Crippen LogP contribution in [0, 0.1) is 0 Å². The van der Waals surface area contributed by atoms with E-state index >= 15 is 0 Å². The van der Waals surface area contributed by atoms with Crippen molar-refractivity contribution in [3.63, 3.8) is 0 Å². The van der Waals surface area contributed by atoms with Crippen molar-refractivity contribution in [1.29, 1.82) is 0 Å². The fraction of sp³-hybridized carbons (Fsp3) is 0.952. The van der Waals surface area contributed by atoms with Crippen molar-refractivity contribution in [3.8, 4) is 0 Å². The summed E-state index contributed by atoms with van der Waals surface area (Å²) >= 11 is 2.02. The molecule has 28 heavy (non-hydrogen) atoms. The van der Waals surface area contributed by atoms with Gasteiger partial charge in [0.25, 0.3) is 8.32 Å². The largest absolute Gasteiger partial charge is 0.518 e. The molecule has 0 fully saturated rings. The quantitative estimate of drug-likeness (QED) is 0.404. The summed E-state index contributed by atoms with van der Waals surface area (Å²) in [4.78, 5) is 17.2. The molecular formula is C21H49NO2SSi3. The lowest BCUT2D eigenvalue weighted by Gasteiger charge is -2.43. The van der Waals surface area contributed by atoms with Crippen LogP contribution in [0.3, 0.4) is 0 Å². The number of rotatable bonds is 7. The molecule has 0 aromatic rings. The minimum absolute atomic E-state index is 0.0246. The van der Waals surface area contributed by atoms with Crippen LogP contribution >= 0.6 is 11.2 Å². The van der Waals surface area contributed by atoms with E-state index in [9.17, 15) is 4.79 Å². The lowest BCUT2D eigenvalue weighted by atomic mass is 10.2. The zero-order chi connectivity index (χ0) is 23.0. The maximum Gasteiger partial charge on any atom is 0.310 e. The van der Waals surface area contributed by atoms with Crippen LogP contribution < -0.4 is 4.98 Å². The Morgan fingerprint density at radius 2 is 1.25 bits per heavy atom. The molecule has 0 aromatic carbocycles. The van der Waals surface area contributed by atoms with Crippen molar-refractivity contribution in [3.05, 3.63) is 0 Å². The van der Waals surface area contributed by atoms with Crippen molar-refractivity contribution in [2.24, 2.45) is 0 Å². The summed E-state index contributed by atoms with van der Waals surface area (Å²) < 4.78 is 6.24. The van der Waals surface area contributed by atoms with Gasteiger partial charge in [0.2, 0.25) is 0 Å². The van der Waals surface area contributed by atoms with E-state index in [4.69, 9.17) is 4.43 Å². The molecule has 0 rings (SSSR count). The first-order valence-corrected chi connectivity index (χ1v) is 21.2. The fourth-order valence-corrected chi connectivity index (χ4v) is 8.71. The second-order valence-electron chi connectivity index (χ2n) is 12.8. The first-order valence-electron chi connectivity index (χ1n) is 10.6. The molecule has 0 heterocycles. The molecule has 1 atom stereocenters. The number of carbonyl (C=O) groups excluding carboxylic acids is 1. The summed E-state index contributed by atoms with van der Waals surface area (Å²) in [6.45, 7) is 34.2. The molecule has 0 spiro atoms. The molecule has 0 amide bonds. The van der Waals surface area contributed by atoms with Crippen molar-refractivity contribution in [1.82, 2.24) is 4.98 Å². The van der Waals surface area contributed by atoms with Crippen LogP contribution in [0.25, 0.3) is 0 Å². The van der Waals surface area contributed by atoms with Gasteiger partial charge >= 0.3 is 5.97 Å². The third kappa shape index (κ3) is 7.60. The van der Waals surface area contributed by atoms with Gasteiger partial charge in [-0.05, 0) is 28.2 Å². The Bertz CT molecular complexity index is 541. The topological polar surface area (TPSA) is 38.3 Å². The van der Waals surface area contributed by atoms with E-state index in [1.54, 1.807) is 0 Å². The van der Waals surface area contributed by atoms with Crippen molar-refractivity contribution >= 4 is 41.0 Å². The summed E-state index contributed by atoms with van der Waals surface area (Å²) in [5.74, 6) is 0.763. The van der Waals surface area contributed by atoms with Gasteiger partial charge in [0.1, 0.15) is 21.5 Å². The van der Waals surface area contributed by atoms with Crippen LogP contribution in [-0.2, 0) is 9.22 Å². The average Bonchev–Trinajstić information content (AvgIpc) is 2.38. The van der Waals surface area contributed by atoms with Gasteiger partial charge in [0.05, 0.1) is 0 Å². The fourth-order valence-electron chi connectivity index (χ4n) is 1.80. The molecule has 0 bridgehead atoms. The van der Waals surface area contributed by atoms with Gasteiger partial charge in [-0.25, -0.2) is 0 Å². The maximum absolute atomic E-state index is 13.4.